The second-order valence-corrected chi connectivity index (χ2v) is 21.0. The van der Waals surface area contributed by atoms with E-state index in [1.165, 1.54) is 250 Å². The van der Waals surface area contributed by atoms with Gasteiger partial charge in [-0.1, -0.05) is 301 Å². The molecule has 0 heterocycles. The standard InChI is InChI=1S/C61H119NO5/c1-3-5-7-9-11-13-15-17-18-19-20-21-22-23-24-25-26-27-28-29-30-31-32-33-34-35-36-37-38-39-40-41-43-45-47-49-51-53-55-59(65)61(67)62-57(56-63)60(66)58(64)54-52-50-48-46-44-42-16-14-12-10-8-6-4-2/h14,16,46,48,57-60,63-66H,3-13,15,17-45,47,49-56H2,1-2H3,(H,62,67)/b16-14+,48-46+. The van der Waals surface area contributed by atoms with Gasteiger partial charge in [-0.3, -0.25) is 4.79 Å². The zero-order chi connectivity index (χ0) is 48.8. The zero-order valence-electron chi connectivity index (χ0n) is 45.2. The van der Waals surface area contributed by atoms with Crippen molar-refractivity contribution in [2.24, 2.45) is 0 Å². The molecule has 1 amide bonds. The number of hydrogen-bond donors (Lipinski definition) is 5. The second-order valence-electron chi connectivity index (χ2n) is 21.0. The highest BCUT2D eigenvalue weighted by Gasteiger charge is 2.28. The number of carbonyl (C=O) groups excluding carboxylic acids is 1. The minimum atomic E-state index is -1.29. The lowest BCUT2D eigenvalue weighted by atomic mass is 10.00. The summed E-state index contributed by atoms with van der Waals surface area (Å²) in [5.41, 5.74) is 0. The fourth-order valence-corrected chi connectivity index (χ4v) is 9.66. The number of aliphatic hydroxyl groups is 4. The smallest absolute Gasteiger partial charge is 0.249 e. The van der Waals surface area contributed by atoms with Crippen LogP contribution < -0.4 is 5.32 Å². The summed E-state index contributed by atoms with van der Waals surface area (Å²) >= 11 is 0. The van der Waals surface area contributed by atoms with E-state index in [0.29, 0.717) is 19.3 Å². The Balaban J connectivity index is 3.48. The average molecular weight is 947 g/mol. The van der Waals surface area contributed by atoms with Crippen LogP contribution in [0.5, 0.6) is 0 Å². The molecule has 0 bridgehead atoms. The summed E-state index contributed by atoms with van der Waals surface area (Å²) in [5, 5.41) is 43.8. The Morgan fingerprint density at radius 2 is 0.627 bits per heavy atom. The molecule has 4 atom stereocenters. The third-order valence-corrected chi connectivity index (χ3v) is 14.4. The topological polar surface area (TPSA) is 110 Å². The SMILES string of the molecule is CCCCCC/C=C/CC/C=C/CCCC(O)C(O)C(CO)NC(=O)C(O)CCCCCCCCCCCCCCCCCCCCCCCCCCCCCCCCCCCCCCCC. The molecule has 0 radical (unpaired) electrons. The van der Waals surface area contributed by atoms with Crippen molar-refractivity contribution in [3.8, 4) is 0 Å². The predicted molar refractivity (Wildman–Crippen MR) is 293 cm³/mol. The number of carbonyl (C=O) groups is 1. The highest BCUT2D eigenvalue weighted by Crippen LogP contribution is 2.19. The van der Waals surface area contributed by atoms with Gasteiger partial charge in [0.1, 0.15) is 12.2 Å². The number of hydrogen-bond acceptors (Lipinski definition) is 5. The number of unbranched alkanes of at least 4 members (excludes halogenated alkanes) is 43. The Morgan fingerprint density at radius 1 is 0.358 bits per heavy atom. The molecule has 0 saturated carbocycles. The van der Waals surface area contributed by atoms with Gasteiger partial charge in [0.25, 0.3) is 0 Å². The van der Waals surface area contributed by atoms with Gasteiger partial charge in [0.05, 0.1) is 18.8 Å². The summed E-state index contributed by atoms with van der Waals surface area (Å²) in [4.78, 5) is 12.6. The van der Waals surface area contributed by atoms with Crippen molar-refractivity contribution < 1.29 is 25.2 Å². The summed E-state index contributed by atoms with van der Waals surface area (Å²) in [6.45, 7) is 4.04. The van der Waals surface area contributed by atoms with Crippen molar-refractivity contribution in [3.63, 3.8) is 0 Å². The molecule has 0 aromatic heterocycles. The van der Waals surface area contributed by atoms with E-state index in [9.17, 15) is 25.2 Å². The van der Waals surface area contributed by atoms with Crippen molar-refractivity contribution in [1.82, 2.24) is 5.32 Å². The molecule has 0 rings (SSSR count). The summed E-state index contributed by atoms with van der Waals surface area (Å²) in [6.07, 6.45) is 68.7. The largest absolute Gasteiger partial charge is 0.394 e. The minimum Gasteiger partial charge on any atom is -0.394 e. The quantitative estimate of drug-likeness (QED) is 0.0308. The molecule has 5 N–H and O–H groups in total. The Hall–Kier alpha value is -1.21. The van der Waals surface area contributed by atoms with E-state index in [4.69, 9.17) is 0 Å². The van der Waals surface area contributed by atoms with Crippen LogP contribution in [-0.4, -0.2) is 57.3 Å². The first-order valence-corrected chi connectivity index (χ1v) is 30.2. The Labute approximate surface area is 418 Å². The number of allylic oxidation sites excluding steroid dienone is 4. The number of aliphatic hydroxyl groups excluding tert-OH is 4. The lowest BCUT2D eigenvalue weighted by molar-refractivity contribution is -0.132. The van der Waals surface area contributed by atoms with Crippen LogP contribution in [0.25, 0.3) is 0 Å². The first kappa shape index (κ1) is 65.8. The number of rotatable bonds is 56. The van der Waals surface area contributed by atoms with Crippen LogP contribution in [0.2, 0.25) is 0 Å². The lowest BCUT2D eigenvalue weighted by Gasteiger charge is -2.27. The third-order valence-electron chi connectivity index (χ3n) is 14.4. The first-order chi connectivity index (χ1) is 33.0. The van der Waals surface area contributed by atoms with Crippen LogP contribution in [0.15, 0.2) is 24.3 Å². The highest BCUT2D eigenvalue weighted by molar-refractivity contribution is 5.80. The molecule has 0 aromatic rings. The van der Waals surface area contributed by atoms with Gasteiger partial charge in [0.2, 0.25) is 5.91 Å². The van der Waals surface area contributed by atoms with Gasteiger partial charge in [-0.2, -0.15) is 0 Å². The van der Waals surface area contributed by atoms with Crippen molar-refractivity contribution >= 4 is 5.91 Å². The van der Waals surface area contributed by atoms with E-state index in [-0.39, 0.29) is 0 Å². The van der Waals surface area contributed by atoms with Gasteiger partial charge in [-0.25, -0.2) is 0 Å². The maximum absolute atomic E-state index is 12.6. The van der Waals surface area contributed by atoms with E-state index in [1.54, 1.807) is 0 Å². The van der Waals surface area contributed by atoms with Crippen molar-refractivity contribution in [2.75, 3.05) is 6.61 Å². The molecule has 0 aromatic carbocycles. The molecule has 0 spiro atoms. The average Bonchev–Trinajstić information content (AvgIpc) is 3.33. The minimum absolute atomic E-state index is 0.364. The molecule has 4 unspecified atom stereocenters. The summed E-state index contributed by atoms with van der Waals surface area (Å²) in [7, 11) is 0. The Morgan fingerprint density at radius 3 is 0.940 bits per heavy atom. The van der Waals surface area contributed by atoms with E-state index < -0.39 is 36.9 Å². The van der Waals surface area contributed by atoms with Crippen molar-refractivity contribution in [3.05, 3.63) is 24.3 Å². The number of amides is 1. The maximum atomic E-state index is 12.6. The summed E-state index contributed by atoms with van der Waals surface area (Å²) in [5.74, 6) is -0.593. The Kier molecular flexibility index (Phi) is 54.7. The normalized spacial score (nSPS) is 13.8. The molecule has 0 aliphatic heterocycles. The zero-order valence-corrected chi connectivity index (χ0v) is 45.2. The van der Waals surface area contributed by atoms with E-state index in [1.807, 2.05) is 0 Å². The van der Waals surface area contributed by atoms with E-state index >= 15 is 0 Å². The predicted octanol–water partition coefficient (Wildman–Crippen LogP) is 17.8. The van der Waals surface area contributed by atoms with Crippen LogP contribution in [0.1, 0.15) is 328 Å². The fraction of sp³-hybridized carbons (Fsp3) is 0.918. The summed E-state index contributed by atoms with van der Waals surface area (Å²) in [6, 6.07) is -1.01. The van der Waals surface area contributed by atoms with Gasteiger partial charge < -0.3 is 25.7 Å². The van der Waals surface area contributed by atoms with Gasteiger partial charge in [-0.15, -0.1) is 0 Å². The monoisotopic (exact) mass is 946 g/mol. The molecule has 0 aliphatic rings. The van der Waals surface area contributed by atoms with Crippen LogP contribution >= 0.6 is 0 Å². The maximum Gasteiger partial charge on any atom is 0.249 e. The highest BCUT2D eigenvalue weighted by atomic mass is 16.3. The van der Waals surface area contributed by atoms with Crippen molar-refractivity contribution in [1.29, 1.82) is 0 Å². The molecule has 0 fully saturated rings. The van der Waals surface area contributed by atoms with Crippen LogP contribution in [0.3, 0.4) is 0 Å². The molecule has 0 saturated heterocycles. The van der Waals surface area contributed by atoms with Gasteiger partial charge >= 0.3 is 0 Å². The van der Waals surface area contributed by atoms with Gasteiger partial charge in [0.15, 0.2) is 0 Å². The third kappa shape index (κ3) is 49.6. The molecule has 6 nitrogen and oxygen atoms in total. The second kappa shape index (κ2) is 55.7. The van der Waals surface area contributed by atoms with Crippen LogP contribution in [-0.2, 0) is 4.79 Å². The molecular formula is C61H119NO5. The Bertz CT molecular complexity index is 1020. The molecule has 67 heavy (non-hydrogen) atoms. The molecule has 0 aliphatic carbocycles. The van der Waals surface area contributed by atoms with Gasteiger partial charge in [0, 0.05) is 0 Å². The van der Waals surface area contributed by atoms with Crippen LogP contribution in [0, 0.1) is 0 Å². The summed E-state index contributed by atoms with van der Waals surface area (Å²) < 4.78 is 0. The number of nitrogens with one attached hydrogen (secondary N) is 1. The van der Waals surface area contributed by atoms with Crippen molar-refractivity contribution in [2.45, 2.75) is 353 Å². The van der Waals surface area contributed by atoms with E-state index in [2.05, 4.69) is 43.5 Å². The van der Waals surface area contributed by atoms with Crippen LogP contribution in [0.4, 0.5) is 0 Å². The lowest BCUT2D eigenvalue weighted by Crippen LogP contribution is -2.53. The molecule has 6 heteroatoms. The van der Waals surface area contributed by atoms with Gasteiger partial charge in [-0.05, 0) is 51.4 Å². The van der Waals surface area contributed by atoms with E-state index in [0.717, 1.165) is 44.9 Å². The fourth-order valence-electron chi connectivity index (χ4n) is 9.66. The first-order valence-electron chi connectivity index (χ1n) is 30.2. The molecular weight excluding hydrogens is 827 g/mol. The molecule has 398 valence electrons.